The maximum Gasteiger partial charge on any atom is 0.271 e. The first-order chi connectivity index (χ1) is 5.99. The van der Waals surface area contributed by atoms with Gasteiger partial charge in [0.2, 0.25) is 0 Å². The van der Waals surface area contributed by atoms with E-state index >= 15 is 0 Å². The van der Waals surface area contributed by atoms with Gasteiger partial charge in [-0.1, -0.05) is 6.58 Å². The quantitative estimate of drug-likeness (QED) is 0.645. The number of amides is 1. The summed E-state index contributed by atoms with van der Waals surface area (Å²) < 4.78 is 0. The van der Waals surface area contributed by atoms with E-state index in [1.54, 1.807) is 21.0 Å². The van der Waals surface area contributed by atoms with Crippen molar-refractivity contribution in [2.45, 2.75) is 6.92 Å². The number of hydrogen-bond donors (Lipinski definition) is 1. The summed E-state index contributed by atoms with van der Waals surface area (Å²) in [7, 11) is 3.31. The Labute approximate surface area is 78.4 Å². The molecule has 0 aromatic carbocycles. The van der Waals surface area contributed by atoms with E-state index in [4.69, 9.17) is 5.73 Å². The van der Waals surface area contributed by atoms with Gasteiger partial charge in [-0.05, 0) is 13.0 Å². The summed E-state index contributed by atoms with van der Waals surface area (Å²) in [5.41, 5.74) is 6.27. The van der Waals surface area contributed by atoms with Crippen molar-refractivity contribution in [3.8, 4) is 0 Å². The average Bonchev–Trinajstić information content (AvgIpc) is 2.01. The van der Waals surface area contributed by atoms with Gasteiger partial charge >= 0.3 is 0 Å². The molecule has 0 aliphatic rings. The molecule has 0 radical (unpaired) electrons. The van der Waals surface area contributed by atoms with Gasteiger partial charge in [0.15, 0.2) is 0 Å². The van der Waals surface area contributed by atoms with E-state index in [0.29, 0.717) is 11.4 Å². The molecule has 0 aliphatic carbocycles. The highest BCUT2D eigenvalue weighted by atomic mass is 16.2. The highest BCUT2D eigenvalue weighted by molar-refractivity contribution is 6.43. The van der Waals surface area contributed by atoms with E-state index < -0.39 is 0 Å². The molecule has 0 fully saturated rings. The standard InChI is InChI=1S/C9H15N3O/c1-5-11-8(6-7(2)10)9(13)12(3)4/h5-6H,1,10H2,2-4H3/b7-6-,11-8?. The Morgan fingerprint density at radius 2 is 2.08 bits per heavy atom. The monoisotopic (exact) mass is 181 g/mol. The fourth-order valence-corrected chi connectivity index (χ4v) is 0.697. The maximum atomic E-state index is 11.4. The minimum atomic E-state index is -0.190. The van der Waals surface area contributed by atoms with Crippen LogP contribution in [0.25, 0.3) is 0 Å². The summed E-state index contributed by atoms with van der Waals surface area (Å²) in [5, 5.41) is 0. The predicted molar refractivity (Wildman–Crippen MR) is 54.3 cm³/mol. The molecule has 0 rings (SSSR count). The fourth-order valence-electron chi connectivity index (χ4n) is 0.697. The summed E-state index contributed by atoms with van der Waals surface area (Å²) in [4.78, 5) is 16.7. The summed E-state index contributed by atoms with van der Waals surface area (Å²) in [6.45, 7) is 5.12. The van der Waals surface area contributed by atoms with Crippen LogP contribution in [0.3, 0.4) is 0 Å². The number of aliphatic imine (C=N–C) groups is 1. The smallest absolute Gasteiger partial charge is 0.271 e. The predicted octanol–water partition coefficient (Wildman–Crippen LogP) is 0.522. The summed E-state index contributed by atoms with van der Waals surface area (Å²) in [6.07, 6.45) is 2.83. The van der Waals surface area contributed by atoms with Gasteiger partial charge < -0.3 is 10.6 Å². The summed E-state index contributed by atoms with van der Waals surface area (Å²) >= 11 is 0. The van der Waals surface area contributed by atoms with E-state index in [0.717, 1.165) is 0 Å². The molecule has 4 heteroatoms. The molecule has 4 nitrogen and oxygen atoms in total. The Kier molecular flexibility index (Phi) is 4.51. The summed E-state index contributed by atoms with van der Waals surface area (Å²) in [6, 6.07) is 0. The molecule has 1 amide bonds. The van der Waals surface area contributed by atoms with Gasteiger partial charge in [0.25, 0.3) is 5.91 Å². The maximum absolute atomic E-state index is 11.4. The molecular formula is C9H15N3O. The molecule has 0 aromatic heterocycles. The Morgan fingerprint density at radius 3 is 2.38 bits per heavy atom. The second-order valence-corrected chi connectivity index (χ2v) is 2.78. The van der Waals surface area contributed by atoms with Crippen molar-refractivity contribution in [3.63, 3.8) is 0 Å². The van der Waals surface area contributed by atoms with E-state index in [1.807, 2.05) is 0 Å². The molecule has 0 heterocycles. The van der Waals surface area contributed by atoms with Crippen LogP contribution in [-0.4, -0.2) is 30.6 Å². The number of allylic oxidation sites excluding steroid dienone is 1. The first kappa shape index (κ1) is 11.4. The topological polar surface area (TPSA) is 58.7 Å². The minimum absolute atomic E-state index is 0.190. The van der Waals surface area contributed by atoms with Crippen LogP contribution in [0.2, 0.25) is 0 Å². The van der Waals surface area contributed by atoms with E-state index in [1.165, 1.54) is 17.2 Å². The Morgan fingerprint density at radius 1 is 1.54 bits per heavy atom. The fraction of sp³-hybridized carbons (Fsp3) is 0.333. The molecule has 0 unspecified atom stereocenters. The van der Waals surface area contributed by atoms with Gasteiger partial charge in [-0.3, -0.25) is 9.79 Å². The summed E-state index contributed by atoms with van der Waals surface area (Å²) in [5.74, 6) is -0.190. The molecular weight excluding hydrogens is 166 g/mol. The van der Waals surface area contributed by atoms with Crippen molar-refractivity contribution >= 4 is 11.6 Å². The molecule has 0 atom stereocenters. The lowest BCUT2D eigenvalue weighted by molar-refractivity contribution is -0.121. The highest BCUT2D eigenvalue weighted by Crippen LogP contribution is 1.92. The van der Waals surface area contributed by atoms with Crippen LogP contribution in [0.15, 0.2) is 29.5 Å². The van der Waals surface area contributed by atoms with Gasteiger partial charge in [0, 0.05) is 26.0 Å². The van der Waals surface area contributed by atoms with Crippen LogP contribution < -0.4 is 5.73 Å². The van der Waals surface area contributed by atoms with Crippen molar-refractivity contribution in [3.05, 3.63) is 24.6 Å². The van der Waals surface area contributed by atoms with Crippen LogP contribution in [-0.2, 0) is 4.79 Å². The molecule has 2 N–H and O–H groups in total. The Bertz CT molecular complexity index is 260. The van der Waals surface area contributed by atoms with Crippen LogP contribution in [0.5, 0.6) is 0 Å². The van der Waals surface area contributed by atoms with Crippen molar-refractivity contribution < 1.29 is 4.79 Å². The Hall–Kier alpha value is -1.58. The third-order valence-corrected chi connectivity index (χ3v) is 1.22. The van der Waals surface area contributed by atoms with Crippen molar-refractivity contribution in [2.24, 2.45) is 10.7 Å². The first-order valence-electron chi connectivity index (χ1n) is 3.83. The number of hydrogen-bond acceptors (Lipinski definition) is 3. The number of rotatable bonds is 3. The second kappa shape index (κ2) is 5.13. The van der Waals surface area contributed by atoms with Crippen molar-refractivity contribution in [1.82, 2.24) is 4.90 Å². The number of nitrogens with zero attached hydrogens (tertiary/aromatic N) is 2. The van der Waals surface area contributed by atoms with Gasteiger partial charge in [-0.2, -0.15) is 0 Å². The highest BCUT2D eigenvalue weighted by Gasteiger charge is 2.09. The molecule has 0 aliphatic heterocycles. The van der Waals surface area contributed by atoms with E-state index in [9.17, 15) is 4.79 Å². The molecule has 0 aromatic rings. The van der Waals surface area contributed by atoms with Crippen LogP contribution >= 0.6 is 0 Å². The normalized spacial score (nSPS) is 12.5. The molecule has 0 bridgehead atoms. The SMILES string of the molecule is C=CN=C(/C=C(/C)N)C(=O)N(C)C. The Balaban J connectivity index is 4.84. The molecule has 72 valence electrons. The van der Waals surface area contributed by atoms with Gasteiger partial charge in [0.05, 0.1) is 0 Å². The van der Waals surface area contributed by atoms with Crippen LogP contribution in [0.1, 0.15) is 6.92 Å². The lowest BCUT2D eigenvalue weighted by Crippen LogP contribution is -2.29. The third kappa shape index (κ3) is 4.10. The van der Waals surface area contributed by atoms with Gasteiger partial charge in [0.1, 0.15) is 5.71 Å². The first-order valence-corrected chi connectivity index (χ1v) is 3.83. The number of carbonyl (C=O) groups excluding carboxylic acids is 1. The van der Waals surface area contributed by atoms with E-state index in [2.05, 4.69) is 11.6 Å². The number of nitrogens with two attached hydrogens (primary N) is 1. The van der Waals surface area contributed by atoms with Crippen molar-refractivity contribution in [1.29, 1.82) is 0 Å². The third-order valence-electron chi connectivity index (χ3n) is 1.22. The van der Waals surface area contributed by atoms with Crippen molar-refractivity contribution in [2.75, 3.05) is 14.1 Å². The zero-order chi connectivity index (χ0) is 10.4. The number of carbonyl (C=O) groups is 1. The lowest BCUT2D eigenvalue weighted by atomic mass is 10.3. The lowest BCUT2D eigenvalue weighted by Gasteiger charge is -2.09. The van der Waals surface area contributed by atoms with Crippen LogP contribution in [0, 0.1) is 0 Å². The van der Waals surface area contributed by atoms with Crippen LogP contribution in [0.4, 0.5) is 0 Å². The van der Waals surface area contributed by atoms with E-state index in [-0.39, 0.29) is 5.91 Å². The molecule has 0 saturated heterocycles. The molecule has 0 spiro atoms. The largest absolute Gasteiger partial charge is 0.402 e. The zero-order valence-electron chi connectivity index (χ0n) is 8.24. The molecule has 0 saturated carbocycles. The average molecular weight is 181 g/mol. The zero-order valence-corrected chi connectivity index (χ0v) is 8.24. The van der Waals surface area contributed by atoms with Gasteiger partial charge in [-0.25, -0.2) is 0 Å². The second-order valence-electron chi connectivity index (χ2n) is 2.78. The molecule has 13 heavy (non-hydrogen) atoms. The van der Waals surface area contributed by atoms with Gasteiger partial charge in [-0.15, -0.1) is 0 Å². The minimum Gasteiger partial charge on any atom is -0.402 e.